The van der Waals surface area contributed by atoms with Crippen LogP contribution in [0.3, 0.4) is 0 Å². The van der Waals surface area contributed by atoms with Gasteiger partial charge >= 0.3 is 0 Å². The van der Waals surface area contributed by atoms with Gasteiger partial charge in [0.05, 0.1) is 18.2 Å². The lowest BCUT2D eigenvalue weighted by atomic mass is 10.1. The second-order valence-corrected chi connectivity index (χ2v) is 6.13. The minimum atomic E-state index is -0.439. The molecule has 3 aromatic rings. The summed E-state index contributed by atoms with van der Waals surface area (Å²) in [6, 6.07) is 7.02. The van der Waals surface area contributed by atoms with Crippen molar-refractivity contribution in [1.82, 2.24) is 19.7 Å². The second-order valence-electron chi connectivity index (χ2n) is 6.13. The van der Waals surface area contributed by atoms with Crippen molar-refractivity contribution in [2.24, 2.45) is 0 Å². The van der Waals surface area contributed by atoms with E-state index >= 15 is 0 Å². The number of hydrogen-bond donors (Lipinski definition) is 0. The molecule has 25 heavy (non-hydrogen) atoms. The molecule has 4 heterocycles. The first-order valence-corrected chi connectivity index (χ1v) is 8.29. The Morgan fingerprint density at radius 2 is 2.24 bits per heavy atom. The van der Waals surface area contributed by atoms with Crippen LogP contribution in [-0.2, 0) is 19.6 Å². The summed E-state index contributed by atoms with van der Waals surface area (Å²) in [5, 5.41) is 4.37. The molecule has 4 rings (SSSR count). The standard InChI is InChI=1S/C18H19FN4O2/c19-17-2-1-6-20-18(17)25-13-16-4-8-23-15(3-7-21-23)11-22(16)10-14-5-9-24-12-14/h1-3,5-7,9,12,16H,4,8,10-11,13H2/t16-/m1/s1. The molecule has 130 valence electrons. The van der Waals surface area contributed by atoms with Gasteiger partial charge in [-0.15, -0.1) is 0 Å². The van der Waals surface area contributed by atoms with E-state index in [2.05, 4.69) is 15.0 Å². The van der Waals surface area contributed by atoms with E-state index in [1.54, 1.807) is 18.6 Å². The molecule has 0 unspecified atom stereocenters. The van der Waals surface area contributed by atoms with Gasteiger partial charge in [0.15, 0.2) is 5.82 Å². The number of halogens is 1. The quantitative estimate of drug-likeness (QED) is 0.714. The van der Waals surface area contributed by atoms with E-state index in [9.17, 15) is 4.39 Å². The van der Waals surface area contributed by atoms with Crippen LogP contribution in [-0.4, -0.2) is 32.3 Å². The third kappa shape index (κ3) is 3.56. The lowest BCUT2D eigenvalue weighted by Crippen LogP contribution is -2.38. The monoisotopic (exact) mass is 342 g/mol. The van der Waals surface area contributed by atoms with Gasteiger partial charge < -0.3 is 9.15 Å². The van der Waals surface area contributed by atoms with Crippen LogP contribution in [0.4, 0.5) is 4.39 Å². The first-order valence-electron chi connectivity index (χ1n) is 8.29. The molecule has 1 aliphatic heterocycles. The fraction of sp³-hybridized carbons (Fsp3) is 0.333. The van der Waals surface area contributed by atoms with Gasteiger partial charge in [0.1, 0.15) is 6.61 Å². The average Bonchev–Trinajstić information content (AvgIpc) is 3.25. The normalized spacial score (nSPS) is 17.9. The SMILES string of the molecule is Fc1cccnc1OC[C@H]1CCn2nccc2CN1Cc1ccoc1. The van der Waals surface area contributed by atoms with E-state index in [1.165, 1.54) is 12.3 Å². The molecular formula is C18H19FN4O2. The van der Waals surface area contributed by atoms with E-state index in [1.807, 2.05) is 23.0 Å². The molecule has 3 aromatic heterocycles. The largest absolute Gasteiger partial charge is 0.474 e. The zero-order valence-corrected chi connectivity index (χ0v) is 13.7. The first-order chi connectivity index (χ1) is 12.3. The smallest absolute Gasteiger partial charge is 0.250 e. The molecule has 0 saturated heterocycles. The number of hydrogen-bond acceptors (Lipinski definition) is 5. The van der Waals surface area contributed by atoms with Gasteiger partial charge in [-0.25, -0.2) is 9.37 Å². The highest BCUT2D eigenvalue weighted by atomic mass is 19.1. The molecule has 7 heteroatoms. The Morgan fingerprint density at radius 3 is 3.08 bits per heavy atom. The van der Waals surface area contributed by atoms with Crippen LogP contribution in [0.25, 0.3) is 0 Å². The highest BCUT2D eigenvalue weighted by Gasteiger charge is 2.25. The van der Waals surface area contributed by atoms with Gasteiger partial charge in [0.2, 0.25) is 5.88 Å². The van der Waals surface area contributed by atoms with E-state index in [0.717, 1.165) is 37.3 Å². The second kappa shape index (κ2) is 7.06. The number of fused-ring (bicyclic) bond motifs is 1. The summed E-state index contributed by atoms with van der Waals surface area (Å²) in [4.78, 5) is 6.28. The summed E-state index contributed by atoms with van der Waals surface area (Å²) in [6.45, 7) is 2.67. The van der Waals surface area contributed by atoms with Crippen molar-refractivity contribution in [2.75, 3.05) is 6.61 Å². The lowest BCUT2D eigenvalue weighted by molar-refractivity contribution is 0.113. The highest BCUT2D eigenvalue weighted by molar-refractivity contribution is 5.13. The van der Waals surface area contributed by atoms with E-state index in [4.69, 9.17) is 9.15 Å². The van der Waals surface area contributed by atoms with Crippen molar-refractivity contribution in [3.63, 3.8) is 0 Å². The van der Waals surface area contributed by atoms with Crippen LogP contribution in [0.5, 0.6) is 5.88 Å². The number of rotatable bonds is 5. The zero-order valence-electron chi connectivity index (χ0n) is 13.7. The number of furan rings is 1. The summed E-state index contributed by atoms with van der Waals surface area (Å²) in [7, 11) is 0. The Bertz CT molecular complexity index is 818. The van der Waals surface area contributed by atoms with Crippen LogP contribution < -0.4 is 4.74 Å². The van der Waals surface area contributed by atoms with Gasteiger partial charge in [0, 0.05) is 43.6 Å². The predicted octanol–water partition coefficient (Wildman–Crippen LogP) is 2.86. The van der Waals surface area contributed by atoms with E-state index < -0.39 is 5.82 Å². The zero-order chi connectivity index (χ0) is 17.1. The van der Waals surface area contributed by atoms with Gasteiger partial charge in [-0.1, -0.05) is 0 Å². The minimum absolute atomic E-state index is 0.0488. The molecule has 0 aliphatic carbocycles. The molecule has 1 atom stereocenters. The summed E-state index contributed by atoms with van der Waals surface area (Å²) in [5.74, 6) is -0.391. The summed E-state index contributed by atoms with van der Waals surface area (Å²) in [5.41, 5.74) is 2.26. The van der Waals surface area contributed by atoms with Crippen molar-refractivity contribution in [1.29, 1.82) is 0 Å². The van der Waals surface area contributed by atoms with E-state index in [0.29, 0.717) is 6.61 Å². The molecule has 0 spiro atoms. The summed E-state index contributed by atoms with van der Waals surface area (Å²) in [6.07, 6.45) is 7.64. The van der Waals surface area contributed by atoms with Crippen LogP contribution in [0, 0.1) is 5.82 Å². The maximum absolute atomic E-state index is 13.8. The molecule has 0 N–H and O–H groups in total. The minimum Gasteiger partial charge on any atom is -0.474 e. The first kappa shape index (κ1) is 15.8. The Kier molecular flexibility index (Phi) is 4.47. The van der Waals surface area contributed by atoms with Gasteiger partial charge in [-0.05, 0) is 30.7 Å². The molecule has 1 aliphatic rings. The Balaban J connectivity index is 1.51. The van der Waals surface area contributed by atoms with Gasteiger partial charge in [-0.2, -0.15) is 5.10 Å². The van der Waals surface area contributed by atoms with Crippen LogP contribution >= 0.6 is 0 Å². The molecule has 0 radical (unpaired) electrons. The van der Waals surface area contributed by atoms with Gasteiger partial charge in [0.25, 0.3) is 0 Å². The number of ether oxygens (including phenoxy) is 1. The lowest BCUT2D eigenvalue weighted by Gasteiger charge is -2.28. The molecular weight excluding hydrogens is 323 g/mol. The van der Waals surface area contributed by atoms with Crippen molar-refractivity contribution in [3.8, 4) is 5.88 Å². The number of aryl methyl sites for hydroxylation is 1. The van der Waals surface area contributed by atoms with Crippen LogP contribution in [0.15, 0.2) is 53.6 Å². The Morgan fingerprint density at radius 1 is 1.28 bits per heavy atom. The van der Waals surface area contributed by atoms with Crippen molar-refractivity contribution in [3.05, 3.63) is 66.3 Å². The van der Waals surface area contributed by atoms with Crippen LogP contribution in [0.2, 0.25) is 0 Å². The van der Waals surface area contributed by atoms with E-state index in [-0.39, 0.29) is 11.9 Å². The third-order valence-electron chi connectivity index (χ3n) is 4.46. The molecule has 0 bridgehead atoms. The van der Waals surface area contributed by atoms with Gasteiger partial charge in [-0.3, -0.25) is 9.58 Å². The van der Waals surface area contributed by atoms with Crippen LogP contribution in [0.1, 0.15) is 17.7 Å². The topological polar surface area (TPSA) is 56.3 Å². The van der Waals surface area contributed by atoms with Crippen molar-refractivity contribution >= 4 is 0 Å². The number of nitrogens with zero attached hydrogens (tertiary/aromatic N) is 4. The number of aromatic nitrogens is 3. The maximum Gasteiger partial charge on any atom is 0.250 e. The summed E-state index contributed by atoms with van der Waals surface area (Å²) >= 11 is 0. The molecule has 0 aromatic carbocycles. The highest BCUT2D eigenvalue weighted by Crippen LogP contribution is 2.21. The fourth-order valence-electron chi connectivity index (χ4n) is 3.13. The predicted molar refractivity (Wildman–Crippen MR) is 88.3 cm³/mol. The fourth-order valence-corrected chi connectivity index (χ4v) is 3.13. The Labute approximate surface area is 144 Å². The average molecular weight is 342 g/mol. The van der Waals surface area contributed by atoms with Crippen molar-refractivity contribution < 1.29 is 13.5 Å². The molecule has 0 fully saturated rings. The summed E-state index contributed by atoms with van der Waals surface area (Å²) < 4.78 is 26.6. The van der Waals surface area contributed by atoms with Crippen molar-refractivity contribution in [2.45, 2.75) is 32.1 Å². The molecule has 0 saturated carbocycles. The molecule has 6 nitrogen and oxygen atoms in total. The number of pyridine rings is 1. The molecule has 0 amide bonds. The maximum atomic E-state index is 13.8. The third-order valence-corrected chi connectivity index (χ3v) is 4.46. The Hall–Kier alpha value is -2.67.